The number of methoxy groups -OCH3 is 1. The van der Waals surface area contributed by atoms with Crippen LogP contribution in [-0.4, -0.2) is 60.0 Å². The minimum absolute atomic E-state index is 0.0845. The first kappa shape index (κ1) is 16.2. The zero-order valence-electron chi connectivity index (χ0n) is 13.1. The van der Waals surface area contributed by atoms with Crippen molar-refractivity contribution in [2.75, 3.05) is 38.2 Å². The summed E-state index contributed by atoms with van der Waals surface area (Å²) in [6.07, 6.45) is 1.65. The number of anilines is 1. The average molecular weight is 347 g/mol. The molecule has 8 nitrogen and oxygen atoms in total. The Labute approximate surface area is 142 Å². The van der Waals surface area contributed by atoms with E-state index >= 15 is 0 Å². The Morgan fingerprint density at radius 3 is 2.67 bits per heavy atom. The highest BCUT2D eigenvalue weighted by Gasteiger charge is 2.25. The zero-order valence-corrected chi connectivity index (χ0v) is 14.0. The van der Waals surface area contributed by atoms with Crippen LogP contribution in [0.2, 0.25) is 0 Å². The molecule has 2 aromatic heterocycles. The quantitative estimate of drug-likeness (QED) is 0.869. The molecule has 0 spiro atoms. The highest BCUT2D eigenvalue weighted by atomic mass is 32.1. The van der Waals surface area contributed by atoms with E-state index in [1.807, 2.05) is 4.90 Å². The van der Waals surface area contributed by atoms with E-state index in [4.69, 9.17) is 10.5 Å². The van der Waals surface area contributed by atoms with Crippen LogP contribution in [0.1, 0.15) is 20.0 Å². The van der Waals surface area contributed by atoms with E-state index in [2.05, 4.69) is 9.97 Å². The number of carbonyl (C=O) groups is 2. The summed E-state index contributed by atoms with van der Waals surface area (Å²) in [5.41, 5.74) is 5.59. The lowest BCUT2D eigenvalue weighted by atomic mass is 10.2. The minimum atomic E-state index is -0.523. The Morgan fingerprint density at radius 2 is 2.04 bits per heavy atom. The molecule has 3 rings (SSSR count). The second-order valence-corrected chi connectivity index (χ2v) is 6.15. The number of nitrogens with zero attached hydrogens (tertiary/aromatic N) is 4. The van der Waals surface area contributed by atoms with Crippen LogP contribution < -0.4 is 15.4 Å². The van der Waals surface area contributed by atoms with Crippen LogP contribution in [0.3, 0.4) is 0 Å². The van der Waals surface area contributed by atoms with E-state index in [9.17, 15) is 9.59 Å². The van der Waals surface area contributed by atoms with Gasteiger partial charge in [-0.3, -0.25) is 9.59 Å². The van der Waals surface area contributed by atoms with Gasteiger partial charge in [0.05, 0.1) is 17.6 Å². The van der Waals surface area contributed by atoms with E-state index in [1.54, 1.807) is 35.7 Å². The maximum Gasteiger partial charge on any atom is 0.264 e. The summed E-state index contributed by atoms with van der Waals surface area (Å²) in [7, 11) is 1.56. The molecule has 1 fully saturated rings. The molecular formula is C15H17N5O3S. The molecule has 24 heavy (non-hydrogen) atoms. The minimum Gasteiger partial charge on any atom is -0.481 e. The van der Waals surface area contributed by atoms with Gasteiger partial charge in [-0.05, 0) is 6.07 Å². The molecule has 9 heteroatoms. The molecule has 1 aliphatic heterocycles. The van der Waals surface area contributed by atoms with Crippen molar-refractivity contribution < 1.29 is 14.3 Å². The number of primary amides is 1. The molecule has 0 radical (unpaired) electrons. The van der Waals surface area contributed by atoms with Gasteiger partial charge in [-0.15, -0.1) is 11.3 Å². The molecule has 0 saturated carbocycles. The van der Waals surface area contributed by atoms with Crippen LogP contribution in [0.25, 0.3) is 0 Å². The monoisotopic (exact) mass is 347 g/mol. The topological polar surface area (TPSA) is 102 Å². The Bertz CT molecular complexity index is 755. The number of aromatic nitrogens is 2. The molecule has 3 heterocycles. The standard InChI is InChI=1S/C15H17N5O3S/c1-23-12-2-3-17-15(18-12)20-6-4-19(5-7-20)14(22)11-8-10(9-24-11)13(16)21/h2-3,8-9H,4-7H2,1H3,(H2,16,21). The number of hydrogen-bond acceptors (Lipinski definition) is 7. The average Bonchev–Trinajstić information content (AvgIpc) is 3.12. The van der Waals surface area contributed by atoms with Gasteiger partial charge in [0, 0.05) is 43.8 Å². The van der Waals surface area contributed by atoms with Gasteiger partial charge in [-0.1, -0.05) is 0 Å². The smallest absolute Gasteiger partial charge is 0.264 e. The van der Waals surface area contributed by atoms with E-state index in [0.29, 0.717) is 48.4 Å². The number of nitrogens with two attached hydrogens (primary N) is 1. The van der Waals surface area contributed by atoms with Crippen LogP contribution in [0.4, 0.5) is 5.95 Å². The van der Waals surface area contributed by atoms with Crippen LogP contribution in [0.5, 0.6) is 5.88 Å². The molecule has 0 bridgehead atoms. The first-order chi connectivity index (χ1) is 11.6. The Kier molecular flexibility index (Phi) is 4.61. The predicted octanol–water partition coefficient (Wildman–Crippen LogP) is 0.608. The summed E-state index contributed by atoms with van der Waals surface area (Å²) < 4.78 is 5.11. The summed E-state index contributed by atoms with van der Waals surface area (Å²) in [4.78, 5) is 36.5. The van der Waals surface area contributed by atoms with Crippen molar-refractivity contribution >= 4 is 29.1 Å². The number of hydrogen-bond donors (Lipinski definition) is 1. The maximum atomic E-state index is 12.5. The van der Waals surface area contributed by atoms with E-state index in [0.717, 1.165) is 0 Å². The van der Waals surface area contributed by atoms with Crippen molar-refractivity contribution in [3.63, 3.8) is 0 Å². The van der Waals surface area contributed by atoms with Crippen molar-refractivity contribution in [1.82, 2.24) is 14.9 Å². The number of ether oxygens (including phenoxy) is 1. The van der Waals surface area contributed by atoms with Crippen LogP contribution in [-0.2, 0) is 0 Å². The number of rotatable bonds is 4. The third-order valence-electron chi connectivity index (χ3n) is 3.77. The van der Waals surface area contributed by atoms with Crippen LogP contribution >= 0.6 is 11.3 Å². The first-order valence-corrected chi connectivity index (χ1v) is 8.26. The van der Waals surface area contributed by atoms with Crippen LogP contribution in [0, 0.1) is 0 Å². The molecule has 2 aromatic rings. The third kappa shape index (κ3) is 3.30. The number of amides is 2. The Morgan fingerprint density at radius 1 is 1.29 bits per heavy atom. The van der Waals surface area contributed by atoms with Gasteiger partial charge < -0.3 is 20.3 Å². The SMILES string of the molecule is COc1ccnc(N2CCN(C(=O)c3cc(C(N)=O)cs3)CC2)n1. The lowest BCUT2D eigenvalue weighted by Crippen LogP contribution is -2.49. The van der Waals surface area contributed by atoms with Crippen molar-refractivity contribution in [1.29, 1.82) is 0 Å². The zero-order chi connectivity index (χ0) is 17.1. The summed E-state index contributed by atoms with van der Waals surface area (Å²) in [6, 6.07) is 3.24. The maximum absolute atomic E-state index is 12.5. The highest BCUT2D eigenvalue weighted by Crippen LogP contribution is 2.19. The Balaban J connectivity index is 1.63. The fourth-order valence-electron chi connectivity index (χ4n) is 2.44. The van der Waals surface area contributed by atoms with Gasteiger partial charge in [0.1, 0.15) is 0 Å². The molecule has 0 unspecified atom stereocenters. The number of thiophene rings is 1. The molecule has 1 saturated heterocycles. The molecule has 2 amide bonds. The van der Waals surface area contributed by atoms with Crippen LogP contribution in [0.15, 0.2) is 23.7 Å². The van der Waals surface area contributed by atoms with Crippen molar-refractivity contribution in [2.24, 2.45) is 5.73 Å². The summed E-state index contributed by atoms with van der Waals surface area (Å²) in [5, 5.41) is 1.61. The normalized spacial score (nSPS) is 14.5. The summed E-state index contributed by atoms with van der Waals surface area (Å²) in [5.74, 6) is 0.494. The van der Waals surface area contributed by atoms with Gasteiger partial charge in [-0.25, -0.2) is 4.98 Å². The molecule has 0 aliphatic carbocycles. The van der Waals surface area contributed by atoms with Crippen molar-refractivity contribution in [2.45, 2.75) is 0 Å². The predicted molar refractivity (Wildman–Crippen MR) is 89.5 cm³/mol. The van der Waals surface area contributed by atoms with Crippen molar-refractivity contribution in [3.05, 3.63) is 34.2 Å². The van der Waals surface area contributed by atoms with Gasteiger partial charge in [-0.2, -0.15) is 4.98 Å². The van der Waals surface area contributed by atoms with Gasteiger partial charge in [0.2, 0.25) is 17.7 Å². The van der Waals surface area contributed by atoms with Gasteiger partial charge >= 0.3 is 0 Å². The van der Waals surface area contributed by atoms with Crippen molar-refractivity contribution in [3.8, 4) is 5.88 Å². The third-order valence-corrected chi connectivity index (χ3v) is 4.69. The van der Waals surface area contributed by atoms with E-state index in [-0.39, 0.29) is 5.91 Å². The van der Waals surface area contributed by atoms with E-state index in [1.165, 1.54) is 11.3 Å². The van der Waals surface area contributed by atoms with Gasteiger partial charge in [0.15, 0.2) is 0 Å². The molecular weight excluding hydrogens is 330 g/mol. The lowest BCUT2D eigenvalue weighted by Gasteiger charge is -2.34. The summed E-state index contributed by atoms with van der Waals surface area (Å²) >= 11 is 1.23. The van der Waals surface area contributed by atoms with Gasteiger partial charge in [0.25, 0.3) is 5.91 Å². The highest BCUT2D eigenvalue weighted by molar-refractivity contribution is 7.12. The number of carbonyl (C=O) groups excluding carboxylic acids is 2. The lowest BCUT2D eigenvalue weighted by molar-refractivity contribution is 0.0751. The fourth-order valence-corrected chi connectivity index (χ4v) is 3.30. The van der Waals surface area contributed by atoms with E-state index < -0.39 is 5.91 Å². The molecule has 2 N–H and O–H groups in total. The first-order valence-electron chi connectivity index (χ1n) is 7.38. The number of piperazine rings is 1. The molecule has 0 atom stereocenters. The molecule has 126 valence electrons. The molecule has 1 aliphatic rings. The fraction of sp³-hybridized carbons (Fsp3) is 0.333. The second-order valence-electron chi connectivity index (χ2n) is 5.24. The Hall–Kier alpha value is -2.68. The second kappa shape index (κ2) is 6.83. The molecule has 0 aromatic carbocycles. The largest absolute Gasteiger partial charge is 0.481 e. The summed E-state index contributed by atoms with van der Waals surface area (Å²) in [6.45, 7) is 2.38.